The normalized spacial score (nSPS) is 10.7. The third-order valence-electron chi connectivity index (χ3n) is 4.03. The third kappa shape index (κ3) is 4.64. The van der Waals surface area contributed by atoms with Gasteiger partial charge >= 0.3 is 0 Å². The summed E-state index contributed by atoms with van der Waals surface area (Å²) in [6, 6.07) is 24.3. The number of hydrogen-bond acceptors (Lipinski definition) is 0. The molecule has 0 atom stereocenters. The maximum Gasteiger partial charge on any atom is 0.0243 e. The first kappa shape index (κ1) is 17.1. The molecule has 0 nitrogen and oxygen atoms in total. The van der Waals surface area contributed by atoms with E-state index in [0.717, 1.165) is 33.4 Å². The van der Waals surface area contributed by atoms with E-state index in [0.29, 0.717) is 0 Å². The third-order valence-corrected chi connectivity index (χ3v) is 4.03. The second kappa shape index (κ2) is 8.39. The first-order valence-electron chi connectivity index (χ1n) is 8.36. The highest BCUT2D eigenvalue weighted by Crippen LogP contribution is 2.13. The molecule has 0 amide bonds. The Morgan fingerprint density at radius 2 is 0.654 bits per heavy atom. The van der Waals surface area contributed by atoms with E-state index in [1.165, 1.54) is 0 Å². The summed E-state index contributed by atoms with van der Waals surface area (Å²) in [4.78, 5) is 0. The van der Waals surface area contributed by atoms with Crippen LogP contribution in [0.1, 0.15) is 33.4 Å². The highest BCUT2D eigenvalue weighted by molar-refractivity contribution is 5.73. The summed E-state index contributed by atoms with van der Waals surface area (Å²) in [6.07, 6.45) is 19.1. The number of hydrogen-bond donors (Lipinski definition) is 0. The van der Waals surface area contributed by atoms with E-state index in [9.17, 15) is 0 Å². The first-order valence-corrected chi connectivity index (χ1v) is 8.36. The van der Waals surface area contributed by atoms with Crippen molar-refractivity contribution in [2.75, 3.05) is 0 Å². The summed E-state index contributed by atoms with van der Waals surface area (Å²) >= 11 is 0. The molecule has 0 heterocycles. The van der Waals surface area contributed by atoms with Crippen LogP contribution in [0.25, 0.3) is 24.3 Å². The van der Waals surface area contributed by atoms with Crippen LogP contribution in [0.3, 0.4) is 0 Å². The fraction of sp³-hybridized carbons (Fsp3) is 0. The molecular weight excluding hydrogens is 312 g/mol. The van der Waals surface area contributed by atoms with Gasteiger partial charge < -0.3 is 0 Å². The molecule has 0 unspecified atom stereocenters. The average molecular weight is 330 g/mol. The largest absolute Gasteiger partial charge is 0.115 e. The minimum Gasteiger partial charge on any atom is -0.115 e. The molecule has 0 N–H and O–H groups in total. The Morgan fingerprint density at radius 1 is 0.423 bits per heavy atom. The van der Waals surface area contributed by atoms with Crippen LogP contribution in [0.5, 0.6) is 0 Å². The van der Waals surface area contributed by atoms with Crippen LogP contribution >= 0.6 is 0 Å². The number of benzene rings is 3. The van der Waals surface area contributed by atoms with Crippen molar-refractivity contribution in [1.29, 1.82) is 0 Å². The Morgan fingerprint density at radius 3 is 0.885 bits per heavy atom. The second-order valence-electron chi connectivity index (χ2n) is 5.87. The quantitative estimate of drug-likeness (QED) is 0.407. The zero-order valence-electron chi connectivity index (χ0n) is 14.4. The van der Waals surface area contributed by atoms with Crippen molar-refractivity contribution in [3.8, 4) is 24.7 Å². The van der Waals surface area contributed by atoms with Gasteiger partial charge in [-0.15, -0.1) is 12.8 Å². The zero-order chi connectivity index (χ0) is 18.2. The fourth-order valence-corrected chi connectivity index (χ4v) is 2.48. The van der Waals surface area contributed by atoms with Gasteiger partial charge in [0.2, 0.25) is 0 Å². The Bertz CT molecular complexity index is 911. The van der Waals surface area contributed by atoms with E-state index >= 15 is 0 Å². The van der Waals surface area contributed by atoms with Crippen molar-refractivity contribution in [1.82, 2.24) is 0 Å². The lowest BCUT2D eigenvalue weighted by Crippen LogP contribution is -1.77. The van der Waals surface area contributed by atoms with Crippen molar-refractivity contribution in [2.45, 2.75) is 0 Å². The van der Waals surface area contributed by atoms with Gasteiger partial charge in [0.05, 0.1) is 0 Å². The minimum absolute atomic E-state index is 0.896. The van der Waals surface area contributed by atoms with E-state index in [1.54, 1.807) is 0 Å². The van der Waals surface area contributed by atoms with Gasteiger partial charge in [0.1, 0.15) is 0 Å². The molecule has 0 saturated heterocycles. The summed E-state index contributed by atoms with van der Waals surface area (Å²) in [7, 11) is 0. The van der Waals surface area contributed by atoms with Gasteiger partial charge in [-0.25, -0.2) is 0 Å². The van der Waals surface area contributed by atoms with E-state index in [-0.39, 0.29) is 0 Å². The molecule has 0 aliphatic rings. The molecule has 0 heteroatoms. The van der Waals surface area contributed by atoms with Crippen LogP contribution in [0, 0.1) is 24.7 Å². The molecule has 122 valence electrons. The molecule has 0 aliphatic heterocycles. The highest BCUT2D eigenvalue weighted by Gasteiger charge is 1.92. The topological polar surface area (TPSA) is 0 Å². The summed E-state index contributed by atoms with van der Waals surface area (Å²) in [6.45, 7) is 0. The van der Waals surface area contributed by atoms with Gasteiger partial charge in [-0.3, -0.25) is 0 Å². The molecule has 0 aliphatic carbocycles. The number of terminal acetylenes is 2. The molecule has 0 radical (unpaired) electrons. The molecule has 0 saturated carbocycles. The van der Waals surface area contributed by atoms with E-state index in [2.05, 4.69) is 60.4 Å². The molecular formula is C26H18. The second-order valence-corrected chi connectivity index (χ2v) is 5.87. The smallest absolute Gasteiger partial charge is 0.0243 e. The van der Waals surface area contributed by atoms with Crippen LogP contribution in [-0.2, 0) is 0 Å². The molecule has 0 fully saturated rings. The first-order chi connectivity index (χ1) is 12.8. The molecule has 26 heavy (non-hydrogen) atoms. The Balaban J connectivity index is 1.65. The van der Waals surface area contributed by atoms with Crippen LogP contribution in [0.15, 0.2) is 72.8 Å². The van der Waals surface area contributed by atoms with Crippen molar-refractivity contribution in [2.24, 2.45) is 0 Å². The van der Waals surface area contributed by atoms with Gasteiger partial charge in [0.25, 0.3) is 0 Å². The maximum atomic E-state index is 5.37. The Hall–Kier alpha value is -3.74. The predicted molar refractivity (Wildman–Crippen MR) is 113 cm³/mol. The van der Waals surface area contributed by atoms with Crippen molar-refractivity contribution < 1.29 is 0 Å². The molecule has 0 bridgehead atoms. The van der Waals surface area contributed by atoms with E-state index in [4.69, 9.17) is 12.8 Å². The molecule has 3 aromatic carbocycles. The summed E-state index contributed by atoms with van der Waals surface area (Å²) in [5, 5.41) is 0. The molecule has 3 aromatic rings. The van der Waals surface area contributed by atoms with Crippen molar-refractivity contribution in [3.63, 3.8) is 0 Å². The van der Waals surface area contributed by atoms with Crippen LogP contribution in [-0.4, -0.2) is 0 Å². The van der Waals surface area contributed by atoms with Gasteiger partial charge in [-0.05, 0) is 46.5 Å². The van der Waals surface area contributed by atoms with E-state index in [1.807, 2.05) is 48.5 Å². The standard InChI is InChI=1S/C26H18/c1-3-21-5-9-23(10-6-21)13-15-25-17-19-26(20-18-25)16-14-24-11-7-22(4-2)8-12-24/h1-2,5-20H. The predicted octanol–water partition coefficient (Wildman–Crippen LogP) is 5.99. The Labute approximate surface area is 155 Å². The summed E-state index contributed by atoms with van der Waals surface area (Å²) < 4.78 is 0. The van der Waals surface area contributed by atoms with Gasteiger partial charge in [-0.2, -0.15) is 0 Å². The van der Waals surface area contributed by atoms with Crippen LogP contribution in [0.4, 0.5) is 0 Å². The summed E-state index contributed by atoms with van der Waals surface area (Å²) in [5.74, 6) is 5.25. The van der Waals surface area contributed by atoms with Crippen molar-refractivity contribution >= 4 is 24.3 Å². The lowest BCUT2D eigenvalue weighted by Gasteiger charge is -1.98. The van der Waals surface area contributed by atoms with Crippen molar-refractivity contribution in [3.05, 3.63) is 106 Å². The highest BCUT2D eigenvalue weighted by atomic mass is 14.0. The van der Waals surface area contributed by atoms with Gasteiger partial charge in [0, 0.05) is 11.1 Å². The fourth-order valence-electron chi connectivity index (χ4n) is 2.48. The van der Waals surface area contributed by atoms with E-state index < -0.39 is 0 Å². The lowest BCUT2D eigenvalue weighted by atomic mass is 10.1. The molecule has 0 spiro atoms. The lowest BCUT2D eigenvalue weighted by molar-refractivity contribution is 1.60. The maximum absolute atomic E-state index is 5.37. The van der Waals surface area contributed by atoms with Gasteiger partial charge in [-0.1, -0.05) is 84.7 Å². The van der Waals surface area contributed by atoms with Crippen LogP contribution < -0.4 is 0 Å². The SMILES string of the molecule is C#Cc1ccc(C=Cc2ccc(C=Cc3ccc(C#C)cc3)cc2)cc1. The monoisotopic (exact) mass is 330 g/mol. The van der Waals surface area contributed by atoms with Crippen LogP contribution in [0.2, 0.25) is 0 Å². The Kier molecular flexibility index (Phi) is 5.51. The van der Waals surface area contributed by atoms with Gasteiger partial charge in [0.15, 0.2) is 0 Å². The molecule has 0 aromatic heterocycles. The molecule has 3 rings (SSSR count). The zero-order valence-corrected chi connectivity index (χ0v) is 14.4. The minimum atomic E-state index is 0.896. The number of rotatable bonds is 4. The average Bonchev–Trinajstić information content (AvgIpc) is 2.72. The summed E-state index contributed by atoms with van der Waals surface area (Å²) in [5.41, 5.74) is 6.36.